The second-order valence-electron chi connectivity index (χ2n) is 4.27. The van der Waals surface area contributed by atoms with E-state index in [1.165, 1.54) is 19.8 Å². The van der Waals surface area contributed by atoms with Crippen molar-refractivity contribution in [2.75, 3.05) is 6.61 Å². The minimum atomic E-state index is -1.71. The number of halogens is 1. The van der Waals surface area contributed by atoms with Crippen molar-refractivity contribution < 1.29 is 13.9 Å². The van der Waals surface area contributed by atoms with E-state index in [2.05, 4.69) is 46.3 Å². The lowest BCUT2D eigenvalue weighted by atomic mass is 10.2. The van der Waals surface area contributed by atoms with Crippen molar-refractivity contribution in [3.8, 4) is 0 Å². The Labute approximate surface area is 101 Å². The van der Waals surface area contributed by atoms with Crippen LogP contribution >= 0.6 is 0 Å². The van der Waals surface area contributed by atoms with Crippen LogP contribution in [0.4, 0.5) is 9.18 Å². The molecule has 0 unspecified atom stereocenters. The second kappa shape index (κ2) is 16.8. The zero-order valence-electron chi connectivity index (χ0n) is 12.0. The van der Waals surface area contributed by atoms with Gasteiger partial charge in [0.1, 0.15) is 0 Å². The lowest BCUT2D eigenvalue weighted by molar-refractivity contribution is 0.126. The molecule has 0 aromatic heterocycles. The zero-order valence-corrected chi connectivity index (χ0v) is 12.0. The van der Waals surface area contributed by atoms with Gasteiger partial charge in [-0.25, -0.2) is 4.79 Å². The van der Waals surface area contributed by atoms with Crippen LogP contribution in [0.15, 0.2) is 0 Å². The van der Waals surface area contributed by atoms with Gasteiger partial charge in [-0.1, -0.05) is 54.4 Å². The van der Waals surface area contributed by atoms with Gasteiger partial charge in [-0.3, -0.25) is 0 Å². The van der Waals surface area contributed by atoms with Gasteiger partial charge in [0.25, 0.3) is 0 Å². The van der Waals surface area contributed by atoms with Crippen LogP contribution in [0.25, 0.3) is 0 Å². The molecule has 0 aromatic carbocycles. The highest BCUT2D eigenvalue weighted by Crippen LogP contribution is 1.94. The average molecular weight is 236 g/mol. The van der Waals surface area contributed by atoms with Crippen molar-refractivity contribution in [3.63, 3.8) is 0 Å². The summed E-state index contributed by atoms with van der Waals surface area (Å²) in [5.41, 5.74) is 0. The van der Waals surface area contributed by atoms with Crippen LogP contribution in [0.5, 0.6) is 0 Å². The van der Waals surface area contributed by atoms with Crippen molar-refractivity contribution in [1.82, 2.24) is 0 Å². The molecule has 0 amide bonds. The van der Waals surface area contributed by atoms with E-state index in [0.717, 1.165) is 11.8 Å². The molecule has 16 heavy (non-hydrogen) atoms. The highest BCUT2D eigenvalue weighted by atomic mass is 19.1. The van der Waals surface area contributed by atoms with E-state index in [1.54, 1.807) is 0 Å². The van der Waals surface area contributed by atoms with E-state index in [1.807, 2.05) is 0 Å². The van der Waals surface area contributed by atoms with E-state index in [-0.39, 0.29) is 6.61 Å². The fourth-order valence-electron chi connectivity index (χ4n) is 0.113. The molecule has 0 aliphatic carbocycles. The Balaban J connectivity index is -0.000000160. The van der Waals surface area contributed by atoms with Crippen LogP contribution < -0.4 is 0 Å². The summed E-state index contributed by atoms with van der Waals surface area (Å²) in [6.45, 7) is 14.9. The number of carbonyl (C=O) groups excluding carboxylic acids is 1. The molecule has 0 rings (SSSR count). The molecule has 3 heteroatoms. The Kier molecular flexibility index (Phi) is 21.8. The summed E-state index contributed by atoms with van der Waals surface area (Å²) in [7, 11) is 0. The summed E-state index contributed by atoms with van der Waals surface area (Å²) in [5.74, 6) is 1.77. The Hall–Kier alpha value is -0.600. The van der Waals surface area contributed by atoms with Crippen LogP contribution in [0.3, 0.4) is 0 Å². The number of carbonyl (C=O) groups is 1. The van der Waals surface area contributed by atoms with Crippen LogP contribution in [0.1, 0.15) is 61.3 Å². The van der Waals surface area contributed by atoms with Crippen LogP contribution in [0.2, 0.25) is 0 Å². The van der Waals surface area contributed by atoms with Crippen LogP contribution in [-0.4, -0.2) is 12.8 Å². The van der Waals surface area contributed by atoms with Gasteiger partial charge in [0, 0.05) is 0 Å². The quantitative estimate of drug-likeness (QED) is 0.628. The molecule has 0 N–H and O–H groups in total. The molecule has 100 valence electrons. The largest absolute Gasteiger partial charge is 0.495 e. The van der Waals surface area contributed by atoms with Crippen molar-refractivity contribution in [1.29, 1.82) is 0 Å². The second-order valence-corrected chi connectivity index (χ2v) is 4.27. The normalized spacial score (nSPS) is 8.88. The molecule has 0 atom stereocenters. The van der Waals surface area contributed by atoms with E-state index in [9.17, 15) is 4.39 Å². The third-order valence-electron chi connectivity index (χ3n) is 1.89. The molecule has 0 radical (unpaired) electrons. The molecule has 0 bridgehead atoms. The van der Waals surface area contributed by atoms with Crippen molar-refractivity contribution in [2.45, 2.75) is 61.3 Å². The van der Waals surface area contributed by atoms with E-state index < -0.39 is 6.22 Å². The monoisotopic (exact) mass is 236 g/mol. The molecule has 0 aliphatic rings. The molecule has 0 saturated heterocycles. The number of hydrogen-bond donors (Lipinski definition) is 0. The number of hydrogen-bond acceptors (Lipinski definition) is 2. The van der Waals surface area contributed by atoms with Crippen molar-refractivity contribution in [2.24, 2.45) is 11.8 Å². The summed E-state index contributed by atoms with van der Waals surface area (Å²) in [5, 5.41) is 0. The van der Waals surface area contributed by atoms with E-state index in [4.69, 9.17) is 4.79 Å². The smallest absolute Gasteiger partial charge is 0.441 e. The van der Waals surface area contributed by atoms with E-state index in [0.29, 0.717) is 0 Å². The topological polar surface area (TPSA) is 26.3 Å². The van der Waals surface area contributed by atoms with Gasteiger partial charge in [-0.15, -0.1) is 4.39 Å². The third-order valence-corrected chi connectivity index (χ3v) is 1.89. The maximum absolute atomic E-state index is 10.8. The summed E-state index contributed by atoms with van der Waals surface area (Å²) < 4.78 is 14.6. The highest BCUT2D eigenvalue weighted by molar-refractivity contribution is 5.57. The Morgan fingerprint density at radius 3 is 1.25 bits per heavy atom. The number of ether oxygens (including phenoxy) is 1. The van der Waals surface area contributed by atoms with Crippen molar-refractivity contribution >= 4 is 6.22 Å². The zero-order chi connectivity index (χ0) is 13.6. The van der Waals surface area contributed by atoms with Crippen LogP contribution in [-0.2, 0) is 4.74 Å². The SMILES string of the molecule is CCC(C)C.CCC(C)C.CCOC(=O)F. The molecule has 0 aliphatic heterocycles. The van der Waals surface area contributed by atoms with Crippen molar-refractivity contribution in [3.05, 3.63) is 0 Å². The number of rotatable bonds is 3. The lowest BCUT2D eigenvalue weighted by Crippen LogP contribution is -1.90. The maximum atomic E-state index is 10.8. The van der Waals surface area contributed by atoms with Gasteiger partial charge in [-0.05, 0) is 18.8 Å². The standard InChI is InChI=1S/2C5H12.C3H5FO2/c2*1-4-5(2)3;1-2-6-3(4)5/h2*5H,4H2,1-3H3;2H2,1H3. The minimum absolute atomic E-state index is 0.106. The minimum Gasteiger partial charge on any atom is -0.441 e. The summed E-state index contributed by atoms with van der Waals surface area (Å²) >= 11 is 0. The fourth-order valence-corrected chi connectivity index (χ4v) is 0.113. The Morgan fingerprint density at radius 2 is 1.25 bits per heavy atom. The van der Waals surface area contributed by atoms with Gasteiger partial charge in [-0.2, -0.15) is 0 Å². The van der Waals surface area contributed by atoms with Gasteiger partial charge < -0.3 is 4.74 Å². The predicted molar refractivity (Wildman–Crippen MR) is 68.4 cm³/mol. The van der Waals surface area contributed by atoms with Crippen LogP contribution in [0, 0.1) is 11.8 Å². The third kappa shape index (κ3) is 50.3. The summed E-state index contributed by atoms with van der Waals surface area (Å²) in [6, 6.07) is 0. The first-order valence-electron chi connectivity index (χ1n) is 6.13. The van der Waals surface area contributed by atoms with Gasteiger partial charge in [0.15, 0.2) is 0 Å². The first kappa shape index (κ1) is 20.8. The molecular formula is C13H29FO2. The first-order valence-corrected chi connectivity index (χ1v) is 6.13. The first-order chi connectivity index (χ1) is 7.31. The van der Waals surface area contributed by atoms with Gasteiger partial charge in [0.05, 0.1) is 6.61 Å². The predicted octanol–water partition coefficient (Wildman–Crippen LogP) is 5.22. The molecule has 0 spiro atoms. The molecule has 0 fully saturated rings. The van der Waals surface area contributed by atoms with Gasteiger partial charge >= 0.3 is 6.22 Å². The fraction of sp³-hybridized carbons (Fsp3) is 0.923. The average Bonchev–Trinajstić information content (AvgIpc) is 2.19. The highest BCUT2D eigenvalue weighted by Gasteiger charge is 1.89. The molecule has 0 saturated carbocycles. The Morgan fingerprint density at radius 1 is 1.00 bits per heavy atom. The molecular weight excluding hydrogens is 207 g/mol. The van der Waals surface area contributed by atoms with Gasteiger partial charge in [0.2, 0.25) is 0 Å². The van der Waals surface area contributed by atoms with E-state index >= 15 is 0 Å². The molecule has 0 aromatic rings. The lowest BCUT2D eigenvalue weighted by Gasteiger charge is -1.90. The summed E-state index contributed by atoms with van der Waals surface area (Å²) in [6.07, 6.45) is 0.900. The molecule has 0 heterocycles. The maximum Gasteiger partial charge on any atom is 0.495 e. The summed E-state index contributed by atoms with van der Waals surface area (Å²) in [4.78, 5) is 9.15. The molecule has 2 nitrogen and oxygen atoms in total. The Bertz CT molecular complexity index is 126.